The Morgan fingerprint density at radius 2 is 1.87 bits per heavy atom. The number of imide groups is 1. The van der Waals surface area contributed by atoms with Crippen LogP contribution in [-0.4, -0.2) is 63.2 Å². The first-order chi connectivity index (χ1) is 11.1. The van der Waals surface area contributed by atoms with Gasteiger partial charge in [-0.3, -0.25) is 15.0 Å². The van der Waals surface area contributed by atoms with E-state index < -0.39 is 6.03 Å². The van der Waals surface area contributed by atoms with Crippen LogP contribution in [0.2, 0.25) is 0 Å². The van der Waals surface area contributed by atoms with Gasteiger partial charge < -0.3 is 15.0 Å². The molecule has 1 aromatic rings. The Morgan fingerprint density at radius 1 is 1.17 bits per heavy atom. The molecule has 1 aliphatic rings. The summed E-state index contributed by atoms with van der Waals surface area (Å²) in [6, 6.07) is 7.52. The van der Waals surface area contributed by atoms with Crippen molar-refractivity contribution in [2.75, 3.05) is 51.3 Å². The van der Waals surface area contributed by atoms with E-state index in [4.69, 9.17) is 4.74 Å². The molecule has 23 heavy (non-hydrogen) atoms. The molecule has 0 radical (unpaired) electrons. The molecule has 1 aromatic carbocycles. The Balaban J connectivity index is 1.86. The van der Waals surface area contributed by atoms with E-state index in [9.17, 15) is 9.59 Å². The van der Waals surface area contributed by atoms with Gasteiger partial charge in [-0.1, -0.05) is 12.1 Å². The summed E-state index contributed by atoms with van der Waals surface area (Å²) in [4.78, 5) is 27.1. The van der Waals surface area contributed by atoms with E-state index in [0.717, 1.165) is 37.6 Å². The predicted molar refractivity (Wildman–Crippen MR) is 88.9 cm³/mol. The summed E-state index contributed by atoms with van der Waals surface area (Å²) in [5.41, 5.74) is 1.09. The molecule has 0 atom stereocenters. The Kier molecular flexibility index (Phi) is 6.22. The first-order valence-corrected chi connectivity index (χ1v) is 7.84. The van der Waals surface area contributed by atoms with Crippen molar-refractivity contribution < 1.29 is 14.3 Å². The third-order valence-electron chi connectivity index (χ3n) is 3.73. The number of para-hydroxylation sites is 2. The maximum Gasteiger partial charge on any atom is 0.321 e. The SMILES string of the molecule is CCOc1ccccc1N1CCN(CC(=O)NC(=O)NC)CC1. The van der Waals surface area contributed by atoms with Gasteiger partial charge in [-0.25, -0.2) is 4.79 Å². The average molecular weight is 320 g/mol. The number of ether oxygens (including phenoxy) is 1. The van der Waals surface area contributed by atoms with Crippen LogP contribution in [0.15, 0.2) is 24.3 Å². The highest BCUT2D eigenvalue weighted by atomic mass is 16.5. The van der Waals surface area contributed by atoms with Crippen molar-refractivity contribution in [1.82, 2.24) is 15.5 Å². The predicted octanol–water partition coefficient (Wildman–Crippen LogP) is 0.663. The van der Waals surface area contributed by atoms with Gasteiger partial charge in [-0.05, 0) is 19.1 Å². The minimum atomic E-state index is -0.473. The molecule has 2 N–H and O–H groups in total. The fourth-order valence-electron chi connectivity index (χ4n) is 2.57. The molecule has 0 unspecified atom stereocenters. The fraction of sp³-hybridized carbons (Fsp3) is 0.500. The van der Waals surface area contributed by atoms with E-state index in [2.05, 4.69) is 21.6 Å². The largest absolute Gasteiger partial charge is 0.492 e. The minimum Gasteiger partial charge on any atom is -0.492 e. The van der Waals surface area contributed by atoms with Gasteiger partial charge in [-0.15, -0.1) is 0 Å². The van der Waals surface area contributed by atoms with Crippen LogP contribution >= 0.6 is 0 Å². The zero-order chi connectivity index (χ0) is 16.7. The number of carbonyl (C=O) groups is 2. The number of amides is 3. The summed E-state index contributed by atoms with van der Waals surface area (Å²) in [6.07, 6.45) is 0. The van der Waals surface area contributed by atoms with Gasteiger partial charge in [0, 0.05) is 33.2 Å². The lowest BCUT2D eigenvalue weighted by atomic mass is 10.2. The Hall–Kier alpha value is -2.28. The molecule has 1 aliphatic heterocycles. The molecule has 126 valence electrons. The molecule has 0 aromatic heterocycles. The normalized spacial score (nSPS) is 15.1. The molecule has 1 saturated heterocycles. The van der Waals surface area contributed by atoms with Gasteiger partial charge in [0.25, 0.3) is 0 Å². The van der Waals surface area contributed by atoms with Crippen molar-refractivity contribution in [3.05, 3.63) is 24.3 Å². The molecule has 3 amide bonds. The maximum absolute atomic E-state index is 11.7. The highest BCUT2D eigenvalue weighted by molar-refractivity contribution is 5.95. The second kappa shape index (κ2) is 8.38. The molecule has 0 saturated carbocycles. The minimum absolute atomic E-state index is 0.231. The average Bonchev–Trinajstić information content (AvgIpc) is 2.56. The van der Waals surface area contributed by atoms with Crippen LogP contribution in [0.1, 0.15) is 6.92 Å². The summed E-state index contributed by atoms with van der Waals surface area (Å²) in [5, 5.41) is 4.65. The number of rotatable bonds is 5. The smallest absolute Gasteiger partial charge is 0.321 e. The van der Waals surface area contributed by atoms with E-state index in [-0.39, 0.29) is 12.5 Å². The number of carbonyl (C=O) groups excluding carboxylic acids is 2. The van der Waals surface area contributed by atoms with Gasteiger partial charge in [0.1, 0.15) is 5.75 Å². The van der Waals surface area contributed by atoms with Gasteiger partial charge in [-0.2, -0.15) is 0 Å². The van der Waals surface area contributed by atoms with E-state index in [1.807, 2.05) is 30.0 Å². The van der Waals surface area contributed by atoms with E-state index >= 15 is 0 Å². The summed E-state index contributed by atoms with van der Waals surface area (Å²) in [5.74, 6) is 0.605. The number of hydrogen-bond donors (Lipinski definition) is 2. The number of piperazine rings is 1. The third kappa shape index (κ3) is 4.85. The molecular formula is C16H24N4O3. The quantitative estimate of drug-likeness (QED) is 0.834. The molecule has 7 nitrogen and oxygen atoms in total. The summed E-state index contributed by atoms with van der Waals surface area (Å²) >= 11 is 0. The van der Waals surface area contributed by atoms with Crippen LogP contribution in [0.25, 0.3) is 0 Å². The Bertz CT molecular complexity index is 542. The fourth-order valence-corrected chi connectivity index (χ4v) is 2.57. The molecule has 1 fully saturated rings. The molecule has 0 spiro atoms. The van der Waals surface area contributed by atoms with Gasteiger partial charge in [0.15, 0.2) is 0 Å². The first-order valence-electron chi connectivity index (χ1n) is 7.84. The van der Waals surface area contributed by atoms with Crippen LogP contribution in [0.3, 0.4) is 0 Å². The van der Waals surface area contributed by atoms with Crippen LogP contribution < -0.4 is 20.3 Å². The van der Waals surface area contributed by atoms with Crippen molar-refractivity contribution in [3.63, 3.8) is 0 Å². The maximum atomic E-state index is 11.7. The Morgan fingerprint density at radius 3 is 2.52 bits per heavy atom. The van der Waals surface area contributed by atoms with E-state index in [1.165, 1.54) is 7.05 Å². The third-order valence-corrected chi connectivity index (χ3v) is 3.73. The Labute approximate surface area is 136 Å². The summed E-state index contributed by atoms with van der Waals surface area (Å²) < 4.78 is 5.67. The highest BCUT2D eigenvalue weighted by Crippen LogP contribution is 2.28. The lowest BCUT2D eigenvalue weighted by Gasteiger charge is -2.36. The van der Waals surface area contributed by atoms with Crippen LogP contribution in [0.5, 0.6) is 5.75 Å². The van der Waals surface area contributed by atoms with Gasteiger partial charge >= 0.3 is 6.03 Å². The van der Waals surface area contributed by atoms with E-state index in [0.29, 0.717) is 6.61 Å². The zero-order valence-corrected chi connectivity index (χ0v) is 13.7. The molecule has 2 rings (SSSR count). The van der Waals surface area contributed by atoms with Crippen LogP contribution in [0, 0.1) is 0 Å². The lowest BCUT2D eigenvalue weighted by Crippen LogP contribution is -2.51. The monoisotopic (exact) mass is 320 g/mol. The highest BCUT2D eigenvalue weighted by Gasteiger charge is 2.21. The number of hydrogen-bond acceptors (Lipinski definition) is 5. The van der Waals surface area contributed by atoms with E-state index in [1.54, 1.807) is 0 Å². The van der Waals surface area contributed by atoms with Crippen molar-refractivity contribution >= 4 is 17.6 Å². The number of urea groups is 1. The van der Waals surface area contributed by atoms with Crippen LogP contribution in [-0.2, 0) is 4.79 Å². The molecular weight excluding hydrogens is 296 g/mol. The number of anilines is 1. The topological polar surface area (TPSA) is 73.9 Å². The first kappa shape index (κ1) is 17.1. The molecule has 0 bridgehead atoms. The van der Waals surface area contributed by atoms with Crippen LogP contribution in [0.4, 0.5) is 10.5 Å². The van der Waals surface area contributed by atoms with Crippen molar-refractivity contribution in [3.8, 4) is 5.75 Å². The molecule has 1 heterocycles. The number of nitrogens with one attached hydrogen (secondary N) is 2. The van der Waals surface area contributed by atoms with Crippen molar-refractivity contribution in [2.45, 2.75) is 6.92 Å². The van der Waals surface area contributed by atoms with Gasteiger partial charge in [0.2, 0.25) is 5.91 Å². The zero-order valence-electron chi connectivity index (χ0n) is 13.7. The lowest BCUT2D eigenvalue weighted by molar-refractivity contribution is -0.121. The summed E-state index contributed by atoms with van der Waals surface area (Å²) in [7, 11) is 1.48. The van der Waals surface area contributed by atoms with Crippen molar-refractivity contribution in [1.29, 1.82) is 0 Å². The van der Waals surface area contributed by atoms with Crippen molar-refractivity contribution in [2.24, 2.45) is 0 Å². The number of nitrogens with zero attached hydrogens (tertiary/aromatic N) is 2. The summed E-state index contributed by atoms with van der Waals surface area (Å²) in [6.45, 7) is 6.00. The molecule has 0 aliphatic carbocycles. The van der Waals surface area contributed by atoms with Gasteiger partial charge in [0.05, 0.1) is 18.8 Å². The molecule has 7 heteroatoms. The number of benzene rings is 1. The standard InChI is InChI=1S/C16H24N4O3/c1-3-23-14-7-5-4-6-13(14)20-10-8-19(9-11-20)12-15(21)18-16(22)17-2/h4-7H,3,8-12H2,1-2H3,(H2,17,18,21,22). The second-order valence-corrected chi connectivity index (χ2v) is 5.29. The second-order valence-electron chi connectivity index (χ2n) is 5.29.